The van der Waals surface area contributed by atoms with E-state index in [0.717, 1.165) is 10.9 Å². The highest BCUT2D eigenvalue weighted by Gasteiger charge is 2.20. The van der Waals surface area contributed by atoms with Crippen LogP contribution in [0.1, 0.15) is 30.0 Å². The number of amides is 1. The van der Waals surface area contributed by atoms with Gasteiger partial charge in [-0.25, -0.2) is 0 Å². The molecule has 1 amide bonds. The Morgan fingerprint density at radius 3 is 2.67 bits per heavy atom. The van der Waals surface area contributed by atoms with E-state index in [0.29, 0.717) is 11.3 Å². The van der Waals surface area contributed by atoms with Crippen LogP contribution in [0.5, 0.6) is 0 Å². The Labute approximate surface area is 106 Å². The van der Waals surface area contributed by atoms with Crippen LogP contribution in [0.2, 0.25) is 0 Å². The van der Waals surface area contributed by atoms with Crippen molar-refractivity contribution in [2.45, 2.75) is 26.4 Å². The maximum Gasteiger partial charge on any atom is 0.287 e. The largest absolute Gasteiger partial charge is 0.451 e. The van der Waals surface area contributed by atoms with E-state index >= 15 is 0 Å². The molecule has 4 nitrogen and oxygen atoms in total. The molecule has 18 heavy (non-hydrogen) atoms. The summed E-state index contributed by atoms with van der Waals surface area (Å²) < 4.78 is 5.53. The molecule has 2 N–H and O–H groups in total. The smallest absolute Gasteiger partial charge is 0.287 e. The van der Waals surface area contributed by atoms with Gasteiger partial charge < -0.3 is 14.8 Å². The van der Waals surface area contributed by atoms with Crippen molar-refractivity contribution in [1.82, 2.24) is 5.32 Å². The molecule has 0 aliphatic heterocycles. The number of hydrogen-bond donors (Lipinski definition) is 2. The van der Waals surface area contributed by atoms with Gasteiger partial charge in [-0.3, -0.25) is 4.79 Å². The molecule has 0 spiro atoms. The fourth-order valence-electron chi connectivity index (χ4n) is 1.77. The number of fused-ring (bicyclic) bond motifs is 1. The number of furan rings is 1. The van der Waals surface area contributed by atoms with Crippen molar-refractivity contribution < 1.29 is 14.3 Å². The van der Waals surface area contributed by atoms with Gasteiger partial charge in [0.25, 0.3) is 5.91 Å². The first-order valence-corrected chi connectivity index (χ1v) is 5.87. The van der Waals surface area contributed by atoms with Gasteiger partial charge in [-0.15, -0.1) is 0 Å². The zero-order valence-corrected chi connectivity index (χ0v) is 10.8. The van der Waals surface area contributed by atoms with Gasteiger partial charge in [0.1, 0.15) is 5.58 Å². The van der Waals surface area contributed by atoms with Crippen LogP contribution in [0, 0.1) is 6.92 Å². The van der Waals surface area contributed by atoms with Crippen molar-refractivity contribution in [2.24, 2.45) is 0 Å². The highest BCUT2D eigenvalue weighted by molar-refractivity contribution is 5.98. The van der Waals surface area contributed by atoms with Crippen molar-refractivity contribution in [3.63, 3.8) is 0 Å². The van der Waals surface area contributed by atoms with Crippen LogP contribution < -0.4 is 5.32 Å². The fraction of sp³-hybridized carbons (Fsp3) is 0.357. The van der Waals surface area contributed by atoms with Crippen molar-refractivity contribution in [2.75, 3.05) is 6.54 Å². The van der Waals surface area contributed by atoms with E-state index in [1.54, 1.807) is 13.8 Å². The zero-order chi connectivity index (χ0) is 13.3. The van der Waals surface area contributed by atoms with E-state index in [1.165, 1.54) is 0 Å². The average molecular weight is 247 g/mol. The van der Waals surface area contributed by atoms with Crippen LogP contribution >= 0.6 is 0 Å². The summed E-state index contributed by atoms with van der Waals surface area (Å²) in [4.78, 5) is 12.0. The second-order valence-corrected chi connectivity index (χ2v) is 5.05. The Balaban J connectivity index is 2.26. The number of nitrogens with one attached hydrogen (secondary N) is 1. The molecular formula is C14H17NO3. The predicted molar refractivity (Wildman–Crippen MR) is 69.6 cm³/mol. The zero-order valence-electron chi connectivity index (χ0n) is 10.8. The third kappa shape index (κ3) is 2.54. The topological polar surface area (TPSA) is 62.5 Å². The molecule has 0 atom stereocenters. The fourth-order valence-corrected chi connectivity index (χ4v) is 1.77. The molecular weight excluding hydrogens is 230 g/mol. The number of para-hydroxylation sites is 1. The van der Waals surface area contributed by atoms with Crippen molar-refractivity contribution in [1.29, 1.82) is 0 Å². The molecule has 2 rings (SSSR count). The second kappa shape index (κ2) is 4.46. The quantitative estimate of drug-likeness (QED) is 0.874. The maximum atomic E-state index is 12.0. The Kier molecular flexibility index (Phi) is 3.13. The third-order valence-corrected chi connectivity index (χ3v) is 2.73. The molecule has 1 aromatic heterocycles. The summed E-state index contributed by atoms with van der Waals surface area (Å²) in [6.07, 6.45) is 0. The highest BCUT2D eigenvalue weighted by Crippen LogP contribution is 2.24. The normalized spacial score (nSPS) is 11.8. The van der Waals surface area contributed by atoms with Crippen molar-refractivity contribution in [3.8, 4) is 0 Å². The van der Waals surface area contributed by atoms with E-state index in [1.807, 2.05) is 31.2 Å². The average Bonchev–Trinajstić information content (AvgIpc) is 2.64. The first-order chi connectivity index (χ1) is 8.38. The summed E-state index contributed by atoms with van der Waals surface area (Å²) in [6, 6.07) is 7.52. The third-order valence-electron chi connectivity index (χ3n) is 2.73. The molecule has 1 aromatic carbocycles. The number of benzene rings is 1. The van der Waals surface area contributed by atoms with Crippen LogP contribution in [0.15, 0.2) is 28.7 Å². The summed E-state index contributed by atoms with van der Waals surface area (Å²) >= 11 is 0. The van der Waals surface area contributed by atoms with E-state index in [4.69, 9.17) is 4.42 Å². The first-order valence-electron chi connectivity index (χ1n) is 5.87. The molecule has 0 aliphatic carbocycles. The maximum absolute atomic E-state index is 12.0. The van der Waals surface area contributed by atoms with Gasteiger partial charge in [0.2, 0.25) is 0 Å². The molecule has 0 saturated carbocycles. The van der Waals surface area contributed by atoms with E-state index in [-0.39, 0.29) is 12.5 Å². The molecule has 4 heteroatoms. The molecule has 0 radical (unpaired) electrons. The lowest BCUT2D eigenvalue weighted by molar-refractivity contribution is 0.0681. The lowest BCUT2D eigenvalue weighted by Gasteiger charge is -2.17. The standard InChI is InChI=1S/C14H17NO3/c1-9-10-6-4-5-7-11(10)18-12(9)13(16)15-8-14(2,3)17/h4-7,17H,8H2,1-3H3,(H,15,16). The SMILES string of the molecule is Cc1c(C(=O)NCC(C)(C)O)oc2ccccc12. The molecule has 96 valence electrons. The van der Waals surface area contributed by atoms with Gasteiger partial charge >= 0.3 is 0 Å². The van der Waals surface area contributed by atoms with Crippen LogP contribution in [0.3, 0.4) is 0 Å². The lowest BCUT2D eigenvalue weighted by Crippen LogP contribution is -2.38. The Morgan fingerprint density at radius 1 is 1.39 bits per heavy atom. The van der Waals surface area contributed by atoms with Crippen molar-refractivity contribution >= 4 is 16.9 Å². The van der Waals surface area contributed by atoms with Crippen LogP contribution in [0.25, 0.3) is 11.0 Å². The van der Waals surface area contributed by atoms with Crippen molar-refractivity contribution in [3.05, 3.63) is 35.6 Å². The number of hydrogen-bond acceptors (Lipinski definition) is 3. The van der Waals surface area contributed by atoms with E-state index in [2.05, 4.69) is 5.32 Å². The number of rotatable bonds is 3. The highest BCUT2D eigenvalue weighted by atomic mass is 16.3. The number of aliphatic hydroxyl groups is 1. The monoisotopic (exact) mass is 247 g/mol. The predicted octanol–water partition coefficient (Wildman–Crippen LogP) is 2.24. The first kappa shape index (κ1) is 12.6. The van der Waals surface area contributed by atoms with Gasteiger partial charge in [0.05, 0.1) is 5.60 Å². The van der Waals surface area contributed by atoms with Crippen LogP contribution in [0.4, 0.5) is 0 Å². The van der Waals surface area contributed by atoms with E-state index < -0.39 is 5.60 Å². The summed E-state index contributed by atoms with van der Waals surface area (Å²) in [5, 5.41) is 13.2. The summed E-state index contributed by atoms with van der Waals surface area (Å²) in [5.41, 5.74) is 0.581. The molecule has 0 bridgehead atoms. The van der Waals surface area contributed by atoms with Gasteiger partial charge in [-0.05, 0) is 26.8 Å². The number of carbonyl (C=O) groups is 1. The molecule has 0 fully saturated rings. The summed E-state index contributed by atoms with van der Waals surface area (Å²) in [5.74, 6) is 0.00581. The van der Waals surface area contributed by atoms with Gasteiger partial charge in [-0.2, -0.15) is 0 Å². The summed E-state index contributed by atoms with van der Waals surface area (Å²) in [7, 11) is 0. The Bertz CT molecular complexity index is 578. The number of carbonyl (C=O) groups excluding carboxylic acids is 1. The number of aryl methyl sites for hydroxylation is 1. The molecule has 0 aliphatic rings. The molecule has 0 saturated heterocycles. The van der Waals surface area contributed by atoms with Crippen LogP contribution in [-0.4, -0.2) is 23.2 Å². The van der Waals surface area contributed by atoms with Gasteiger partial charge in [-0.1, -0.05) is 18.2 Å². The minimum atomic E-state index is -0.935. The van der Waals surface area contributed by atoms with Gasteiger partial charge in [0, 0.05) is 17.5 Å². The van der Waals surface area contributed by atoms with E-state index in [9.17, 15) is 9.90 Å². The van der Waals surface area contributed by atoms with Gasteiger partial charge in [0.15, 0.2) is 5.76 Å². The second-order valence-electron chi connectivity index (χ2n) is 5.05. The Hall–Kier alpha value is -1.81. The minimum absolute atomic E-state index is 0.183. The molecule has 1 heterocycles. The summed E-state index contributed by atoms with van der Waals surface area (Å²) in [6.45, 7) is 5.31. The minimum Gasteiger partial charge on any atom is -0.451 e. The lowest BCUT2D eigenvalue weighted by atomic mass is 10.1. The molecule has 0 unspecified atom stereocenters. The Morgan fingerprint density at radius 2 is 2.06 bits per heavy atom. The molecule has 2 aromatic rings. The van der Waals surface area contributed by atoms with Crippen LogP contribution in [-0.2, 0) is 0 Å².